The van der Waals surface area contributed by atoms with Gasteiger partial charge in [-0.2, -0.15) is 0 Å². The average Bonchev–Trinajstić information content (AvgIpc) is 3.46. The molecule has 0 spiro atoms. The van der Waals surface area contributed by atoms with Gasteiger partial charge in [0, 0.05) is 29.9 Å². The molecule has 0 radical (unpaired) electrons. The Morgan fingerprint density at radius 2 is 1.79 bits per heavy atom. The second kappa shape index (κ2) is 14.1. The standard InChI is InChI=1S/C29H34N2OS.C2H2O4/c32-28(23-8-2-1-3-9-23)26(27-13-4-5-17-30-27)12-7-18-31-19-14-22(15-20-31)25-11-6-10-24-16-21-33-29(24)25;3-1(4)2(5)6/h4-6,10-11,13-14,16-17,21,23,26H,1-3,7-9,12,15,18-20H2;(H,3,4)(H,5,6). The van der Waals surface area contributed by atoms with Crippen LogP contribution in [0.4, 0.5) is 0 Å². The van der Waals surface area contributed by atoms with Crippen LogP contribution in [0.25, 0.3) is 15.7 Å². The molecule has 2 N–H and O–H groups in total. The van der Waals surface area contributed by atoms with Crippen LogP contribution in [-0.4, -0.2) is 57.5 Å². The molecule has 8 heteroatoms. The number of Topliss-reactive ketones (excluding diaryl/α,β-unsaturated/α-hetero) is 1. The number of carbonyl (C=O) groups excluding carboxylic acids is 1. The molecule has 0 bridgehead atoms. The summed E-state index contributed by atoms with van der Waals surface area (Å²) in [6.07, 6.45) is 13.1. The third kappa shape index (κ3) is 7.83. The predicted molar refractivity (Wildman–Crippen MR) is 154 cm³/mol. The number of aliphatic carboxylic acids is 2. The van der Waals surface area contributed by atoms with Gasteiger partial charge in [-0.3, -0.25) is 14.7 Å². The quantitative estimate of drug-likeness (QED) is 0.320. The highest BCUT2D eigenvalue weighted by Gasteiger charge is 2.30. The molecule has 1 aliphatic carbocycles. The lowest BCUT2D eigenvalue weighted by Crippen LogP contribution is -2.30. The molecular weight excluding hydrogens is 512 g/mol. The Morgan fingerprint density at radius 1 is 1.00 bits per heavy atom. The summed E-state index contributed by atoms with van der Waals surface area (Å²) in [5.41, 5.74) is 3.87. The van der Waals surface area contributed by atoms with Gasteiger partial charge in [-0.05, 0) is 78.8 Å². The number of nitrogens with zero attached hydrogens (tertiary/aromatic N) is 2. The largest absolute Gasteiger partial charge is 0.473 e. The fourth-order valence-corrected chi connectivity index (χ4v) is 6.56. The number of rotatable bonds is 8. The van der Waals surface area contributed by atoms with Gasteiger partial charge in [-0.25, -0.2) is 9.59 Å². The Hall–Kier alpha value is -3.36. The second-order valence-electron chi connectivity index (χ2n) is 10.2. The number of benzene rings is 1. The van der Waals surface area contributed by atoms with Crippen LogP contribution in [0.2, 0.25) is 0 Å². The summed E-state index contributed by atoms with van der Waals surface area (Å²) >= 11 is 1.85. The van der Waals surface area contributed by atoms with Gasteiger partial charge >= 0.3 is 11.9 Å². The summed E-state index contributed by atoms with van der Waals surface area (Å²) in [4.78, 5) is 38.7. The van der Waals surface area contributed by atoms with Gasteiger partial charge in [0.1, 0.15) is 5.78 Å². The molecule has 2 aliphatic rings. The van der Waals surface area contributed by atoms with Gasteiger partial charge in [-0.1, -0.05) is 49.6 Å². The fraction of sp³-hybridized carbons (Fsp3) is 0.419. The van der Waals surface area contributed by atoms with Gasteiger partial charge in [0.15, 0.2) is 0 Å². The first-order valence-corrected chi connectivity index (χ1v) is 14.6. The molecule has 1 fully saturated rings. The summed E-state index contributed by atoms with van der Waals surface area (Å²) in [5, 5.41) is 18.3. The van der Waals surface area contributed by atoms with Crippen molar-refractivity contribution in [1.29, 1.82) is 0 Å². The molecule has 39 heavy (non-hydrogen) atoms. The average molecular weight is 549 g/mol. The van der Waals surface area contributed by atoms with Crippen molar-refractivity contribution >= 4 is 44.7 Å². The summed E-state index contributed by atoms with van der Waals surface area (Å²) in [5.74, 6) is -3.00. The molecule has 1 saturated carbocycles. The van der Waals surface area contributed by atoms with Crippen LogP contribution in [0.1, 0.15) is 68.5 Å². The summed E-state index contributed by atoms with van der Waals surface area (Å²) in [6.45, 7) is 3.15. The smallest absolute Gasteiger partial charge is 0.414 e. The maximum absolute atomic E-state index is 13.4. The van der Waals surface area contributed by atoms with E-state index in [9.17, 15) is 4.79 Å². The van der Waals surface area contributed by atoms with E-state index >= 15 is 0 Å². The van der Waals surface area contributed by atoms with E-state index < -0.39 is 11.9 Å². The normalized spacial score (nSPS) is 17.1. The number of fused-ring (bicyclic) bond motifs is 1. The molecule has 5 rings (SSSR count). The highest BCUT2D eigenvalue weighted by molar-refractivity contribution is 7.17. The Labute approximate surface area is 233 Å². The molecule has 7 nitrogen and oxygen atoms in total. The van der Waals surface area contributed by atoms with E-state index in [1.807, 2.05) is 35.7 Å². The van der Waals surface area contributed by atoms with Crippen LogP contribution in [0.15, 0.2) is 60.1 Å². The molecule has 3 heterocycles. The van der Waals surface area contributed by atoms with Crippen LogP contribution in [-0.2, 0) is 14.4 Å². The zero-order valence-corrected chi connectivity index (χ0v) is 22.9. The maximum Gasteiger partial charge on any atom is 0.414 e. The van der Waals surface area contributed by atoms with Crippen LogP contribution in [0.5, 0.6) is 0 Å². The van der Waals surface area contributed by atoms with Crippen LogP contribution in [0.3, 0.4) is 0 Å². The number of carboxylic acids is 2. The summed E-state index contributed by atoms with van der Waals surface area (Å²) in [6, 6.07) is 14.9. The van der Waals surface area contributed by atoms with E-state index in [-0.39, 0.29) is 11.8 Å². The van der Waals surface area contributed by atoms with E-state index in [2.05, 4.69) is 45.6 Å². The number of aromatic nitrogens is 1. The van der Waals surface area contributed by atoms with Gasteiger partial charge < -0.3 is 10.2 Å². The number of carbonyl (C=O) groups is 3. The number of hydrogen-bond donors (Lipinski definition) is 2. The van der Waals surface area contributed by atoms with E-state index in [4.69, 9.17) is 19.8 Å². The number of pyridine rings is 1. The molecule has 2 aromatic heterocycles. The lowest BCUT2D eigenvalue weighted by atomic mass is 9.79. The Kier molecular flexibility index (Phi) is 10.4. The first kappa shape index (κ1) is 28.6. The van der Waals surface area contributed by atoms with Crippen molar-refractivity contribution in [1.82, 2.24) is 9.88 Å². The third-order valence-electron chi connectivity index (χ3n) is 7.66. The van der Waals surface area contributed by atoms with Crippen molar-refractivity contribution in [3.63, 3.8) is 0 Å². The number of carboxylic acid groups (broad SMARTS) is 2. The summed E-state index contributed by atoms with van der Waals surface area (Å²) in [7, 11) is 0. The van der Waals surface area contributed by atoms with Crippen molar-refractivity contribution in [3.8, 4) is 0 Å². The zero-order valence-electron chi connectivity index (χ0n) is 22.1. The number of hydrogen-bond acceptors (Lipinski definition) is 6. The maximum atomic E-state index is 13.4. The third-order valence-corrected chi connectivity index (χ3v) is 8.63. The second-order valence-corrected chi connectivity index (χ2v) is 11.1. The lowest BCUT2D eigenvalue weighted by molar-refractivity contribution is -0.159. The first-order chi connectivity index (χ1) is 18.9. The minimum atomic E-state index is -1.82. The highest BCUT2D eigenvalue weighted by atomic mass is 32.1. The highest BCUT2D eigenvalue weighted by Crippen LogP contribution is 2.34. The van der Waals surface area contributed by atoms with Gasteiger partial charge in [0.2, 0.25) is 0 Å². The minimum Gasteiger partial charge on any atom is -0.473 e. The van der Waals surface area contributed by atoms with Crippen LogP contribution < -0.4 is 0 Å². The van der Waals surface area contributed by atoms with Gasteiger partial charge in [0.25, 0.3) is 0 Å². The number of thiophene rings is 1. The fourth-order valence-electron chi connectivity index (χ4n) is 5.61. The molecule has 1 atom stereocenters. The molecule has 1 unspecified atom stereocenters. The predicted octanol–water partition coefficient (Wildman–Crippen LogP) is 6.25. The van der Waals surface area contributed by atoms with Crippen molar-refractivity contribution in [2.24, 2.45) is 5.92 Å². The molecule has 3 aromatic rings. The Balaban J connectivity index is 0.000000531. The first-order valence-electron chi connectivity index (χ1n) is 13.7. The van der Waals surface area contributed by atoms with E-state index in [0.717, 1.165) is 57.4 Å². The topological polar surface area (TPSA) is 108 Å². The molecule has 206 valence electrons. The minimum absolute atomic E-state index is 0.0402. The van der Waals surface area contributed by atoms with Gasteiger partial charge in [-0.15, -0.1) is 11.3 Å². The molecule has 1 aliphatic heterocycles. The van der Waals surface area contributed by atoms with Crippen LogP contribution in [0, 0.1) is 5.92 Å². The van der Waals surface area contributed by atoms with Crippen molar-refractivity contribution < 1.29 is 24.6 Å². The lowest BCUT2D eigenvalue weighted by Gasteiger charge is -2.28. The molecule has 1 aromatic carbocycles. The van der Waals surface area contributed by atoms with Crippen LogP contribution >= 0.6 is 11.3 Å². The van der Waals surface area contributed by atoms with E-state index in [1.54, 1.807) is 0 Å². The van der Waals surface area contributed by atoms with E-state index in [1.165, 1.54) is 40.5 Å². The molecule has 0 amide bonds. The van der Waals surface area contributed by atoms with Crippen molar-refractivity contribution in [2.45, 2.75) is 57.3 Å². The van der Waals surface area contributed by atoms with Crippen molar-refractivity contribution in [3.05, 3.63) is 71.4 Å². The van der Waals surface area contributed by atoms with Gasteiger partial charge in [0.05, 0.1) is 11.6 Å². The van der Waals surface area contributed by atoms with Crippen molar-refractivity contribution in [2.75, 3.05) is 19.6 Å². The molecular formula is C31H36N2O5S. The zero-order chi connectivity index (χ0) is 27.6. The SMILES string of the molecule is O=C(C1CCCCC1)C(CCCN1CC=C(c2cccc3ccsc23)CC1)c1ccccn1.O=C(O)C(=O)O. The Bertz CT molecular complexity index is 1280. The monoisotopic (exact) mass is 548 g/mol. The summed E-state index contributed by atoms with van der Waals surface area (Å²) < 4.78 is 1.41. The molecule has 0 saturated heterocycles. The van der Waals surface area contributed by atoms with E-state index in [0.29, 0.717) is 5.78 Å². The Morgan fingerprint density at radius 3 is 2.46 bits per heavy atom. The number of ketones is 1.